The van der Waals surface area contributed by atoms with E-state index < -0.39 is 0 Å². The predicted molar refractivity (Wildman–Crippen MR) is 32.2 cm³/mol. The Hall–Kier alpha value is -0.760. The molecule has 0 saturated carbocycles. The monoisotopic (exact) mass is 111 g/mol. The number of hydrogen-bond acceptors (Lipinski definition) is 2. The molecular weight excluding hydrogens is 102 g/mol. The molecule has 8 heavy (non-hydrogen) atoms. The molecule has 1 aliphatic rings. The molecule has 0 bridgehead atoms. The first-order valence-electron chi connectivity index (χ1n) is 2.55. The van der Waals surface area contributed by atoms with Gasteiger partial charge in [0.1, 0.15) is 6.23 Å². The van der Waals surface area contributed by atoms with Gasteiger partial charge < -0.3 is 10.1 Å². The summed E-state index contributed by atoms with van der Waals surface area (Å²) in [6.45, 7) is 0. The van der Waals surface area contributed by atoms with Crippen molar-refractivity contribution in [3.8, 4) is 0 Å². The van der Waals surface area contributed by atoms with E-state index in [1.165, 1.54) is 0 Å². The fourth-order valence-electron chi connectivity index (χ4n) is 0.573. The molecule has 2 nitrogen and oxygen atoms in total. The van der Waals surface area contributed by atoms with Crippen molar-refractivity contribution in [2.24, 2.45) is 0 Å². The Morgan fingerprint density at radius 2 is 2.38 bits per heavy atom. The van der Waals surface area contributed by atoms with Gasteiger partial charge >= 0.3 is 0 Å². The van der Waals surface area contributed by atoms with Crippen molar-refractivity contribution < 1.29 is 4.74 Å². The first kappa shape index (κ1) is 5.38. The van der Waals surface area contributed by atoms with Gasteiger partial charge in [-0.1, -0.05) is 6.08 Å². The van der Waals surface area contributed by atoms with E-state index in [0.29, 0.717) is 0 Å². The highest BCUT2D eigenvalue weighted by Crippen LogP contribution is 1.92. The molecule has 1 rings (SSSR count). The number of dihydropyridines is 1. The molecule has 0 amide bonds. The summed E-state index contributed by atoms with van der Waals surface area (Å²) >= 11 is 0. The number of methoxy groups -OCH3 is 1. The van der Waals surface area contributed by atoms with Crippen LogP contribution < -0.4 is 5.32 Å². The summed E-state index contributed by atoms with van der Waals surface area (Å²) < 4.78 is 4.94. The third-order valence-electron chi connectivity index (χ3n) is 1.01. The first-order chi connectivity index (χ1) is 3.93. The van der Waals surface area contributed by atoms with Gasteiger partial charge in [-0.05, 0) is 18.4 Å². The number of allylic oxidation sites excluding steroid dienone is 2. The standard InChI is InChI=1S/C6H9NO/c1-8-6-4-2-3-5-7-6/h2-7H,1H3. The fraction of sp³-hybridized carbons (Fsp3) is 0.333. The van der Waals surface area contributed by atoms with E-state index in [4.69, 9.17) is 4.74 Å². The molecule has 1 unspecified atom stereocenters. The van der Waals surface area contributed by atoms with Crippen molar-refractivity contribution in [3.63, 3.8) is 0 Å². The summed E-state index contributed by atoms with van der Waals surface area (Å²) in [5.41, 5.74) is 0. The molecule has 0 aromatic rings. The summed E-state index contributed by atoms with van der Waals surface area (Å²) in [5, 5.41) is 2.98. The maximum atomic E-state index is 4.94. The molecule has 0 aromatic carbocycles. The Labute approximate surface area is 48.8 Å². The molecular formula is C6H9NO. The molecule has 0 aromatic heterocycles. The lowest BCUT2D eigenvalue weighted by atomic mass is 10.4. The Morgan fingerprint density at radius 1 is 1.50 bits per heavy atom. The molecule has 0 saturated heterocycles. The largest absolute Gasteiger partial charge is 0.363 e. The summed E-state index contributed by atoms with van der Waals surface area (Å²) in [5.74, 6) is 0. The van der Waals surface area contributed by atoms with Crippen LogP contribution in [0.5, 0.6) is 0 Å². The zero-order valence-corrected chi connectivity index (χ0v) is 4.79. The smallest absolute Gasteiger partial charge is 0.146 e. The van der Waals surface area contributed by atoms with Gasteiger partial charge in [-0.3, -0.25) is 0 Å². The van der Waals surface area contributed by atoms with Crippen LogP contribution in [0.3, 0.4) is 0 Å². The van der Waals surface area contributed by atoms with E-state index in [1.54, 1.807) is 7.11 Å². The molecule has 0 radical (unpaired) electrons. The minimum atomic E-state index is 0.0694. The molecule has 1 N–H and O–H groups in total. The van der Waals surface area contributed by atoms with Crippen LogP contribution >= 0.6 is 0 Å². The van der Waals surface area contributed by atoms with E-state index in [-0.39, 0.29) is 6.23 Å². The second kappa shape index (κ2) is 2.52. The van der Waals surface area contributed by atoms with Crippen LogP contribution in [-0.2, 0) is 4.74 Å². The van der Waals surface area contributed by atoms with Crippen molar-refractivity contribution in [1.29, 1.82) is 0 Å². The topological polar surface area (TPSA) is 21.3 Å². The van der Waals surface area contributed by atoms with Gasteiger partial charge in [-0.15, -0.1) is 0 Å². The second-order valence-corrected chi connectivity index (χ2v) is 1.57. The maximum Gasteiger partial charge on any atom is 0.146 e. The second-order valence-electron chi connectivity index (χ2n) is 1.57. The van der Waals surface area contributed by atoms with Crippen molar-refractivity contribution in [2.75, 3.05) is 7.11 Å². The predicted octanol–water partition coefficient (Wildman–Crippen LogP) is 0.632. The van der Waals surface area contributed by atoms with Crippen molar-refractivity contribution >= 4 is 0 Å². The van der Waals surface area contributed by atoms with Crippen LogP contribution in [0.2, 0.25) is 0 Å². The van der Waals surface area contributed by atoms with Gasteiger partial charge in [0, 0.05) is 7.11 Å². The van der Waals surface area contributed by atoms with Crippen LogP contribution in [0.4, 0.5) is 0 Å². The van der Waals surface area contributed by atoms with E-state index in [2.05, 4.69) is 5.32 Å². The zero-order valence-electron chi connectivity index (χ0n) is 4.79. The molecule has 0 aliphatic carbocycles. The van der Waals surface area contributed by atoms with Gasteiger partial charge in [0.2, 0.25) is 0 Å². The summed E-state index contributed by atoms with van der Waals surface area (Å²) in [4.78, 5) is 0. The van der Waals surface area contributed by atoms with Crippen LogP contribution in [-0.4, -0.2) is 13.3 Å². The Kier molecular flexibility index (Phi) is 1.70. The maximum absolute atomic E-state index is 4.94. The van der Waals surface area contributed by atoms with E-state index in [0.717, 1.165) is 0 Å². The van der Waals surface area contributed by atoms with Crippen molar-refractivity contribution in [3.05, 3.63) is 24.4 Å². The molecule has 2 heteroatoms. The highest BCUT2D eigenvalue weighted by atomic mass is 16.5. The fourth-order valence-corrected chi connectivity index (χ4v) is 0.573. The highest BCUT2D eigenvalue weighted by molar-refractivity contribution is 5.09. The van der Waals surface area contributed by atoms with E-state index in [9.17, 15) is 0 Å². The average molecular weight is 111 g/mol. The Bertz CT molecular complexity index is 118. The number of rotatable bonds is 1. The molecule has 1 aliphatic heterocycles. The lowest BCUT2D eigenvalue weighted by Crippen LogP contribution is -2.24. The summed E-state index contributed by atoms with van der Waals surface area (Å²) in [6.07, 6.45) is 7.74. The molecule has 0 fully saturated rings. The van der Waals surface area contributed by atoms with Gasteiger partial charge in [0.15, 0.2) is 0 Å². The minimum absolute atomic E-state index is 0.0694. The zero-order chi connectivity index (χ0) is 5.82. The normalized spacial score (nSPS) is 25.4. The van der Waals surface area contributed by atoms with Crippen LogP contribution in [0.15, 0.2) is 24.4 Å². The summed E-state index contributed by atoms with van der Waals surface area (Å²) in [7, 11) is 1.67. The number of ether oxygens (including phenoxy) is 1. The minimum Gasteiger partial charge on any atom is -0.363 e. The van der Waals surface area contributed by atoms with Crippen LogP contribution in [0, 0.1) is 0 Å². The van der Waals surface area contributed by atoms with Crippen LogP contribution in [0.1, 0.15) is 0 Å². The van der Waals surface area contributed by atoms with Crippen molar-refractivity contribution in [2.45, 2.75) is 6.23 Å². The summed E-state index contributed by atoms with van der Waals surface area (Å²) in [6, 6.07) is 0. The third-order valence-corrected chi connectivity index (χ3v) is 1.01. The number of nitrogens with one attached hydrogen (secondary N) is 1. The van der Waals surface area contributed by atoms with Crippen LogP contribution in [0.25, 0.3) is 0 Å². The molecule has 44 valence electrons. The van der Waals surface area contributed by atoms with Gasteiger partial charge in [0.05, 0.1) is 0 Å². The molecule has 0 spiro atoms. The lowest BCUT2D eigenvalue weighted by molar-refractivity contribution is 0.124. The SMILES string of the molecule is COC1C=CC=CN1. The van der Waals surface area contributed by atoms with Gasteiger partial charge in [-0.25, -0.2) is 0 Å². The van der Waals surface area contributed by atoms with Gasteiger partial charge in [0.25, 0.3) is 0 Å². The van der Waals surface area contributed by atoms with E-state index >= 15 is 0 Å². The molecule has 1 atom stereocenters. The molecule has 1 heterocycles. The Balaban J connectivity index is 2.40. The lowest BCUT2D eigenvalue weighted by Gasteiger charge is -2.12. The average Bonchev–Trinajstić information content (AvgIpc) is 1.90. The number of hydrogen-bond donors (Lipinski definition) is 1. The van der Waals surface area contributed by atoms with E-state index in [1.807, 2.05) is 24.4 Å². The van der Waals surface area contributed by atoms with Crippen molar-refractivity contribution in [1.82, 2.24) is 5.32 Å². The third kappa shape index (κ3) is 1.10. The highest BCUT2D eigenvalue weighted by Gasteiger charge is 1.97. The first-order valence-corrected chi connectivity index (χ1v) is 2.55. The quantitative estimate of drug-likeness (QED) is 0.536. The van der Waals surface area contributed by atoms with Gasteiger partial charge in [-0.2, -0.15) is 0 Å². The Morgan fingerprint density at radius 3 is 2.75 bits per heavy atom.